The van der Waals surface area contributed by atoms with E-state index in [1.54, 1.807) is 0 Å². The highest BCUT2D eigenvalue weighted by Gasteiger charge is 2.07. The summed E-state index contributed by atoms with van der Waals surface area (Å²) in [5.41, 5.74) is 2.13. The predicted molar refractivity (Wildman–Crippen MR) is 97.2 cm³/mol. The molecule has 0 amide bonds. The number of benzene rings is 3. The minimum Gasteiger partial charge on any atom is -0.488 e. The van der Waals surface area contributed by atoms with E-state index < -0.39 is 0 Å². The minimum absolute atomic E-state index is 0.0657. The van der Waals surface area contributed by atoms with E-state index in [4.69, 9.17) is 4.74 Å². The number of hydrogen-bond acceptors (Lipinski definition) is 2. The predicted octanol–water partition coefficient (Wildman–Crippen LogP) is 3.39. The highest BCUT2D eigenvalue weighted by molar-refractivity contribution is 7.55. The molecule has 1 N–H and O–H groups in total. The number of para-hydroxylation sites is 1. The molecule has 3 heteroatoms. The van der Waals surface area contributed by atoms with E-state index in [0.717, 1.165) is 27.5 Å². The van der Waals surface area contributed by atoms with Gasteiger partial charge in [0.2, 0.25) is 0 Å². The lowest BCUT2D eigenvalue weighted by molar-refractivity contribution is 0.283. The molecule has 3 aromatic carbocycles. The molecule has 0 bridgehead atoms. The summed E-state index contributed by atoms with van der Waals surface area (Å²) in [6, 6.07) is 26.3. The molecule has 0 radical (unpaired) electrons. The van der Waals surface area contributed by atoms with Crippen molar-refractivity contribution in [1.82, 2.24) is 0 Å². The van der Waals surface area contributed by atoms with Crippen LogP contribution in [0.3, 0.4) is 0 Å². The van der Waals surface area contributed by atoms with Crippen LogP contribution in [0.15, 0.2) is 78.9 Å². The Kier molecular flexibility index (Phi) is 5.42. The molecule has 1 atom stereocenters. The summed E-state index contributed by atoms with van der Waals surface area (Å²) in [7, 11) is 0.464. The van der Waals surface area contributed by atoms with Crippen LogP contribution in [-0.2, 0) is 13.2 Å². The SMILES string of the molecule is OCc1ccccc1Pc1ccccc1OCc1ccccc1. The lowest BCUT2D eigenvalue weighted by atomic mass is 10.2. The smallest absolute Gasteiger partial charge is 0.127 e. The van der Waals surface area contributed by atoms with E-state index in [1.165, 1.54) is 0 Å². The largest absolute Gasteiger partial charge is 0.488 e. The first-order valence-corrected chi connectivity index (χ1v) is 8.58. The van der Waals surface area contributed by atoms with Gasteiger partial charge < -0.3 is 9.84 Å². The third kappa shape index (κ3) is 4.19. The van der Waals surface area contributed by atoms with Crippen molar-refractivity contribution in [3.63, 3.8) is 0 Å². The first-order chi connectivity index (χ1) is 11.4. The molecule has 0 heterocycles. The van der Waals surface area contributed by atoms with Gasteiger partial charge in [0.15, 0.2) is 0 Å². The zero-order chi connectivity index (χ0) is 15.9. The molecular formula is C20H19O2P. The van der Waals surface area contributed by atoms with Crippen LogP contribution in [0.1, 0.15) is 11.1 Å². The molecule has 0 saturated heterocycles. The second kappa shape index (κ2) is 7.92. The van der Waals surface area contributed by atoms with Crippen LogP contribution in [0, 0.1) is 0 Å². The van der Waals surface area contributed by atoms with Crippen molar-refractivity contribution in [1.29, 1.82) is 0 Å². The van der Waals surface area contributed by atoms with Crippen molar-refractivity contribution in [3.8, 4) is 5.75 Å². The topological polar surface area (TPSA) is 29.5 Å². The Labute approximate surface area is 138 Å². The first kappa shape index (κ1) is 15.7. The third-order valence-corrected chi connectivity index (χ3v) is 5.02. The van der Waals surface area contributed by atoms with Crippen LogP contribution in [0.2, 0.25) is 0 Å². The number of hydrogen-bond donors (Lipinski definition) is 1. The van der Waals surface area contributed by atoms with Gasteiger partial charge in [0.05, 0.1) is 6.61 Å². The van der Waals surface area contributed by atoms with Gasteiger partial charge in [-0.2, -0.15) is 0 Å². The Balaban J connectivity index is 1.78. The second-order valence-corrected chi connectivity index (χ2v) is 6.54. The Hall–Kier alpha value is -2.15. The van der Waals surface area contributed by atoms with Gasteiger partial charge >= 0.3 is 0 Å². The standard InChI is InChI=1S/C20H19O2P/c21-14-17-10-4-6-12-19(17)23-20-13-7-5-11-18(20)22-15-16-8-2-1-3-9-16/h1-13,21,23H,14-15H2. The van der Waals surface area contributed by atoms with Crippen LogP contribution in [0.25, 0.3) is 0 Å². The van der Waals surface area contributed by atoms with Crippen LogP contribution in [-0.4, -0.2) is 5.11 Å². The Bertz CT molecular complexity index is 756. The van der Waals surface area contributed by atoms with Gasteiger partial charge in [-0.05, 0) is 22.5 Å². The summed E-state index contributed by atoms with van der Waals surface area (Å²) >= 11 is 0. The van der Waals surface area contributed by atoms with E-state index >= 15 is 0 Å². The fourth-order valence-electron chi connectivity index (χ4n) is 2.36. The summed E-state index contributed by atoms with van der Waals surface area (Å²) < 4.78 is 6.01. The Morgan fingerprint density at radius 3 is 2.17 bits per heavy atom. The van der Waals surface area contributed by atoms with Crippen LogP contribution >= 0.6 is 8.58 Å². The molecule has 0 aliphatic carbocycles. The van der Waals surface area contributed by atoms with Gasteiger partial charge in [-0.25, -0.2) is 0 Å². The maximum atomic E-state index is 9.49. The number of ether oxygens (including phenoxy) is 1. The Morgan fingerprint density at radius 1 is 0.739 bits per heavy atom. The molecule has 0 spiro atoms. The average Bonchev–Trinajstić information content (AvgIpc) is 2.62. The summed E-state index contributed by atoms with van der Waals surface area (Å²) in [4.78, 5) is 0. The highest BCUT2D eigenvalue weighted by atomic mass is 31.1. The van der Waals surface area contributed by atoms with E-state index in [9.17, 15) is 5.11 Å². The number of rotatable bonds is 6. The van der Waals surface area contributed by atoms with Gasteiger partial charge in [-0.1, -0.05) is 81.4 Å². The summed E-state index contributed by atoms with van der Waals surface area (Å²) in [6.07, 6.45) is 0. The van der Waals surface area contributed by atoms with Crippen molar-refractivity contribution in [2.45, 2.75) is 13.2 Å². The first-order valence-electron chi connectivity index (χ1n) is 7.58. The fraction of sp³-hybridized carbons (Fsp3) is 0.100. The second-order valence-electron chi connectivity index (χ2n) is 5.21. The van der Waals surface area contributed by atoms with E-state index in [0.29, 0.717) is 15.2 Å². The van der Waals surface area contributed by atoms with Gasteiger partial charge in [0, 0.05) is 5.30 Å². The van der Waals surface area contributed by atoms with E-state index in [-0.39, 0.29) is 6.61 Å². The Morgan fingerprint density at radius 2 is 1.39 bits per heavy atom. The molecule has 1 unspecified atom stereocenters. The number of aliphatic hydroxyl groups excluding tert-OH is 1. The molecule has 2 nitrogen and oxygen atoms in total. The maximum Gasteiger partial charge on any atom is 0.127 e. The zero-order valence-electron chi connectivity index (χ0n) is 12.8. The molecular weight excluding hydrogens is 303 g/mol. The molecule has 0 fully saturated rings. The van der Waals surface area contributed by atoms with Crippen molar-refractivity contribution >= 4 is 19.2 Å². The molecule has 3 rings (SSSR count). The fourth-order valence-corrected chi connectivity index (χ4v) is 3.61. The summed E-state index contributed by atoms with van der Waals surface area (Å²) in [6.45, 7) is 0.625. The van der Waals surface area contributed by atoms with Crippen LogP contribution < -0.4 is 15.3 Å². The quantitative estimate of drug-likeness (QED) is 0.705. The third-order valence-electron chi connectivity index (χ3n) is 3.58. The van der Waals surface area contributed by atoms with Crippen molar-refractivity contribution in [2.24, 2.45) is 0 Å². The molecule has 116 valence electrons. The van der Waals surface area contributed by atoms with Crippen LogP contribution in [0.4, 0.5) is 0 Å². The zero-order valence-corrected chi connectivity index (χ0v) is 13.8. The summed E-state index contributed by atoms with van der Waals surface area (Å²) in [5, 5.41) is 11.8. The number of aliphatic hydroxyl groups is 1. The molecule has 0 aliphatic heterocycles. The molecule has 0 aromatic heterocycles. The van der Waals surface area contributed by atoms with Gasteiger partial charge in [-0.3, -0.25) is 0 Å². The van der Waals surface area contributed by atoms with Gasteiger partial charge in [0.25, 0.3) is 0 Å². The molecule has 23 heavy (non-hydrogen) atoms. The minimum atomic E-state index is 0.0657. The van der Waals surface area contributed by atoms with Crippen LogP contribution in [0.5, 0.6) is 5.75 Å². The highest BCUT2D eigenvalue weighted by Crippen LogP contribution is 2.21. The van der Waals surface area contributed by atoms with Crippen molar-refractivity contribution < 1.29 is 9.84 Å². The monoisotopic (exact) mass is 322 g/mol. The molecule has 0 aliphatic rings. The van der Waals surface area contributed by atoms with Crippen molar-refractivity contribution in [3.05, 3.63) is 90.0 Å². The molecule has 0 saturated carbocycles. The summed E-state index contributed by atoms with van der Waals surface area (Å²) in [5.74, 6) is 0.905. The lowest BCUT2D eigenvalue weighted by Crippen LogP contribution is -2.11. The maximum absolute atomic E-state index is 9.49. The lowest BCUT2D eigenvalue weighted by Gasteiger charge is -2.13. The van der Waals surface area contributed by atoms with E-state index in [1.807, 2.05) is 54.6 Å². The van der Waals surface area contributed by atoms with Gasteiger partial charge in [-0.15, -0.1) is 0 Å². The average molecular weight is 322 g/mol. The van der Waals surface area contributed by atoms with Gasteiger partial charge in [0.1, 0.15) is 12.4 Å². The van der Waals surface area contributed by atoms with Crippen molar-refractivity contribution in [2.75, 3.05) is 0 Å². The normalized spacial score (nSPS) is 11.0. The van der Waals surface area contributed by atoms with E-state index in [2.05, 4.69) is 24.3 Å². The molecule has 3 aromatic rings.